The van der Waals surface area contributed by atoms with E-state index in [4.69, 9.17) is 4.99 Å². The number of rotatable bonds is 10. The van der Waals surface area contributed by atoms with E-state index in [0.29, 0.717) is 5.92 Å². The lowest BCUT2D eigenvalue weighted by atomic mass is 10.1. The van der Waals surface area contributed by atoms with E-state index < -0.39 is 0 Å². The van der Waals surface area contributed by atoms with Crippen molar-refractivity contribution in [2.45, 2.75) is 32.6 Å². The molecular weight excluding hydrogens is 330 g/mol. The van der Waals surface area contributed by atoms with Crippen LogP contribution in [0.4, 0.5) is 5.82 Å². The zero-order valence-electron chi connectivity index (χ0n) is 15.2. The van der Waals surface area contributed by atoms with Crippen molar-refractivity contribution in [3.8, 4) is 0 Å². The van der Waals surface area contributed by atoms with Gasteiger partial charge in [-0.25, -0.2) is 4.98 Å². The van der Waals surface area contributed by atoms with E-state index in [0.717, 1.165) is 50.8 Å². The average Bonchev–Trinajstić information content (AvgIpc) is 3.18. The highest BCUT2D eigenvalue weighted by atomic mass is 32.1. The summed E-state index contributed by atoms with van der Waals surface area (Å²) in [6.07, 6.45) is 3.99. The number of unbranched alkanes of at least 4 members (excludes halogenated alkanes) is 1. The molecule has 0 spiro atoms. The second-order valence-electron chi connectivity index (χ2n) is 5.91. The molecule has 2 rings (SSSR count). The maximum absolute atomic E-state index is 4.71. The molecule has 3 N–H and O–H groups in total. The summed E-state index contributed by atoms with van der Waals surface area (Å²) in [5.41, 5.74) is 0. The summed E-state index contributed by atoms with van der Waals surface area (Å²) in [6.45, 7) is 7.85. The summed E-state index contributed by atoms with van der Waals surface area (Å²) >= 11 is 1.80. The van der Waals surface area contributed by atoms with Gasteiger partial charge in [0, 0.05) is 36.6 Å². The zero-order chi connectivity index (χ0) is 17.7. The van der Waals surface area contributed by atoms with Crippen molar-refractivity contribution in [1.82, 2.24) is 15.6 Å². The average molecular weight is 360 g/mol. The summed E-state index contributed by atoms with van der Waals surface area (Å²) in [7, 11) is 0. The van der Waals surface area contributed by atoms with Gasteiger partial charge in [-0.05, 0) is 43.3 Å². The normalized spacial score (nSPS) is 12.6. The van der Waals surface area contributed by atoms with Crippen molar-refractivity contribution in [3.63, 3.8) is 0 Å². The third-order valence-electron chi connectivity index (χ3n) is 3.76. The molecule has 0 saturated carbocycles. The minimum absolute atomic E-state index is 0.457. The molecule has 2 heterocycles. The Morgan fingerprint density at radius 3 is 2.76 bits per heavy atom. The molecule has 0 radical (unpaired) electrons. The molecule has 0 aliphatic heterocycles. The molecule has 0 saturated heterocycles. The third kappa shape index (κ3) is 7.56. The van der Waals surface area contributed by atoms with Crippen LogP contribution >= 0.6 is 11.3 Å². The van der Waals surface area contributed by atoms with Crippen LogP contribution in [0.5, 0.6) is 0 Å². The summed E-state index contributed by atoms with van der Waals surface area (Å²) in [6, 6.07) is 10.2. The molecule has 2 aromatic rings. The van der Waals surface area contributed by atoms with Crippen LogP contribution in [0.3, 0.4) is 0 Å². The van der Waals surface area contributed by atoms with Gasteiger partial charge in [0.1, 0.15) is 5.82 Å². The molecule has 0 aliphatic rings. The molecule has 1 atom stereocenters. The SMILES string of the molecule is CCNC(=NCC(C)c1cccs1)NCCCCNc1ccccn1. The largest absolute Gasteiger partial charge is 0.370 e. The summed E-state index contributed by atoms with van der Waals surface area (Å²) < 4.78 is 0. The quantitative estimate of drug-likeness (QED) is 0.344. The number of hydrogen-bond donors (Lipinski definition) is 3. The van der Waals surface area contributed by atoms with E-state index in [2.05, 4.69) is 52.3 Å². The van der Waals surface area contributed by atoms with Crippen molar-refractivity contribution in [2.24, 2.45) is 4.99 Å². The number of aromatic nitrogens is 1. The Balaban J connectivity index is 1.64. The Morgan fingerprint density at radius 1 is 1.16 bits per heavy atom. The minimum atomic E-state index is 0.457. The van der Waals surface area contributed by atoms with Crippen LogP contribution in [0, 0.1) is 0 Å². The lowest BCUT2D eigenvalue weighted by molar-refractivity contribution is 0.705. The number of nitrogens with one attached hydrogen (secondary N) is 3. The standard InChI is InChI=1S/C19H29N5S/c1-3-20-19(24-15-16(2)17-9-8-14-25-17)23-13-7-6-12-22-18-10-4-5-11-21-18/h4-5,8-11,14,16H,3,6-7,12-13,15H2,1-2H3,(H,21,22)(H2,20,23,24). The third-order valence-corrected chi connectivity index (χ3v) is 4.87. The van der Waals surface area contributed by atoms with Gasteiger partial charge in [0.25, 0.3) is 0 Å². The number of guanidine groups is 1. The van der Waals surface area contributed by atoms with Crippen molar-refractivity contribution < 1.29 is 0 Å². The molecule has 1 unspecified atom stereocenters. The first-order chi connectivity index (χ1) is 12.3. The first-order valence-corrected chi connectivity index (χ1v) is 9.88. The van der Waals surface area contributed by atoms with Gasteiger partial charge >= 0.3 is 0 Å². The van der Waals surface area contributed by atoms with Gasteiger partial charge in [0.2, 0.25) is 0 Å². The molecule has 5 nitrogen and oxygen atoms in total. The maximum atomic E-state index is 4.71. The minimum Gasteiger partial charge on any atom is -0.370 e. The van der Waals surface area contributed by atoms with Gasteiger partial charge in [0.05, 0.1) is 6.54 Å². The van der Waals surface area contributed by atoms with Gasteiger partial charge in [-0.2, -0.15) is 0 Å². The van der Waals surface area contributed by atoms with Crippen LogP contribution in [-0.2, 0) is 0 Å². The van der Waals surface area contributed by atoms with Crippen LogP contribution < -0.4 is 16.0 Å². The Labute approximate surface area is 155 Å². The van der Waals surface area contributed by atoms with Crippen molar-refractivity contribution >= 4 is 23.1 Å². The van der Waals surface area contributed by atoms with Gasteiger partial charge in [0.15, 0.2) is 5.96 Å². The highest BCUT2D eigenvalue weighted by molar-refractivity contribution is 7.10. The Hall–Kier alpha value is -2.08. The number of hydrogen-bond acceptors (Lipinski definition) is 4. The first kappa shape index (κ1) is 19.2. The van der Waals surface area contributed by atoms with Crippen LogP contribution in [0.15, 0.2) is 46.9 Å². The van der Waals surface area contributed by atoms with E-state index in [1.807, 2.05) is 18.2 Å². The van der Waals surface area contributed by atoms with Crippen LogP contribution in [0.1, 0.15) is 37.5 Å². The highest BCUT2D eigenvalue weighted by Gasteiger charge is 2.06. The van der Waals surface area contributed by atoms with Crippen molar-refractivity contribution in [2.75, 3.05) is 31.5 Å². The van der Waals surface area contributed by atoms with Crippen molar-refractivity contribution in [3.05, 3.63) is 46.8 Å². The van der Waals surface area contributed by atoms with E-state index in [-0.39, 0.29) is 0 Å². The van der Waals surface area contributed by atoms with E-state index >= 15 is 0 Å². The fourth-order valence-electron chi connectivity index (χ4n) is 2.37. The van der Waals surface area contributed by atoms with Gasteiger partial charge in [-0.1, -0.05) is 19.1 Å². The monoisotopic (exact) mass is 359 g/mol. The lowest BCUT2D eigenvalue weighted by Gasteiger charge is -2.13. The Bertz CT molecular complexity index is 598. The molecule has 0 aliphatic carbocycles. The summed E-state index contributed by atoms with van der Waals surface area (Å²) in [5.74, 6) is 2.30. The fourth-order valence-corrected chi connectivity index (χ4v) is 3.15. The summed E-state index contributed by atoms with van der Waals surface area (Å²) in [5, 5.41) is 12.2. The molecular formula is C19H29N5S. The molecule has 0 amide bonds. The molecule has 0 bridgehead atoms. The van der Waals surface area contributed by atoms with Crippen LogP contribution in [0.2, 0.25) is 0 Å². The lowest BCUT2D eigenvalue weighted by Crippen LogP contribution is -2.38. The number of thiophene rings is 1. The van der Waals surface area contributed by atoms with E-state index in [1.165, 1.54) is 4.88 Å². The van der Waals surface area contributed by atoms with Crippen LogP contribution in [-0.4, -0.2) is 37.1 Å². The Morgan fingerprint density at radius 2 is 2.04 bits per heavy atom. The second kappa shape index (κ2) is 11.5. The summed E-state index contributed by atoms with van der Waals surface area (Å²) in [4.78, 5) is 10.4. The maximum Gasteiger partial charge on any atom is 0.191 e. The number of pyridine rings is 1. The van der Waals surface area contributed by atoms with Gasteiger partial charge in [-0.3, -0.25) is 4.99 Å². The molecule has 25 heavy (non-hydrogen) atoms. The van der Waals surface area contributed by atoms with Crippen molar-refractivity contribution in [1.29, 1.82) is 0 Å². The fraction of sp³-hybridized carbons (Fsp3) is 0.474. The van der Waals surface area contributed by atoms with E-state index in [9.17, 15) is 0 Å². The smallest absolute Gasteiger partial charge is 0.191 e. The molecule has 136 valence electrons. The zero-order valence-corrected chi connectivity index (χ0v) is 16.0. The van der Waals surface area contributed by atoms with Gasteiger partial charge < -0.3 is 16.0 Å². The van der Waals surface area contributed by atoms with Gasteiger partial charge in [-0.15, -0.1) is 11.3 Å². The molecule has 6 heteroatoms. The first-order valence-electron chi connectivity index (χ1n) is 9.00. The number of aliphatic imine (C=N–C) groups is 1. The highest BCUT2D eigenvalue weighted by Crippen LogP contribution is 2.20. The Kier molecular flexibility index (Phi) is 8.83. The number of anilines is 1. The van der Waals surface area contributed by atoms with E-state index in [1.54, 1.807) is 17.5 Å². The molecule has 0 fully saturated rings. The molecule has 0 aromatic carbocycles. The second-order valence-corrected chi connectivity index (χ2v) is 6.89. The van der Waals surface area contributed by atoms with Crippen LogP contribution in [0.25, 0.3) is 0 Å². The number of nitrogens with zero attached hydrogens (tertiary/aromatic N) is 2. The predicted octanol–water partition coefficient (Wildman–Crippen LogP) is 3.69. The predicted molar refractivity (Wildman–Crippen MR) is 109 cm³/mol. The molecule has 2 aromatic heterocycles. The topological polar surface area (TPSA) is 61.3 Å².